The van der Waals surface area contributed by atoms with Gasteiger partial charge in [-0.3, -0.25) is 4.79 Å². The summed E-state index contributed by atoms with van der Waals surface area (Å²) in [4.78, 5) is 26.7. The van der Waals surface area contributed by atoms with Crippen molar-refractivity contribution in [3.63, 3.8) is 0 Å². The van der Waals surface area contributed by atoms with Crippen LogP contribution in [0.15, 0.2) is 0 Å². The number of nitrogens with one attached hydrogen (secondary N) is 2. The van der Waals surface area contributed by atoms with Gasteiger partial charge in [0, 0.05) is 12.2 Å². The molecule has 18 heavy (non-hydrogen) atoms. The second kappa shape index (κ2) is 6.23. The number of rotatable bonds is 5. The van der Waals surface area contributed by atoms with E-state index in [1.165, 1.54) is 7.11 Å². The van der Waals surface area contributed by atoms with Crippen LogP contribution in [0.5, 0.6) is 0 Å². The molecule has 2 N–H and O–H groups in total. The van der Waals surface area contributed by atoms with Gasteiger partial charge >= 0.3 is 5.97 Å². The van der Waals surface area contributed by atoms with Crippen LogP contribution < -0.4 is 5.32 Å². The first-order chi connectivity index (χ1) is 8.56. The average molecular weight is 252 g/mol. The number of hydrogen-bond donors (Lipinski definition) is 2. The molecule has 0 aliphatic rings. The van der Waals surface area contributed by atoms with Crippen LogP contribution in [-0.4, -0.2) is 30.5 Å². The predicted octanol–water partition coefficient (Wildman–Crippen LogP) is 1.81. The number of esters is 1. The molecule has 0 unspecified atom stereocenters. The van der Waals surface area contributed by atoms with Crippen molar-refractivity contribution in [2.45, 2.75) is 33.6 Å². The number of carbonyl (C=O) groups is 2. The van der Waals surface area contributed by atoms with E-state index in [4.69, 9.17) is 4.74 Å². The van der Waals surface area contributed by atoms with Crippen molar-refractivity contribution < 1.29 is 14.3 Å². The Morgan fingerprint density at radius 1 is 1.33 bits per heavy atom. The summed E-state index contributed by atoms with van der Waals surface area (Å²) in [6.07, 6.45) is 1.52. The summed E-state index contributed by atoms with van der Waals surface area (Å²) in [6.45, 7) is 6.18. The van der Waals surface area contributed by atoms with Gasteiger partial charge in [0.2, 0.25) is 0 Å². The molecule has 5 nitrogen and oxygen atoms in total. The maximum absolute atomic E-state index is 11.9. The van der Waals surface area contributed by atoms with E-state index in [0.717, 1.165) is 12.0 Å². The van der Waals surface area contributed by atoms with E-state index < -0.39 is 5.97 Å². The number of aromatic amines is 1. The first kappa shape index (κ1) is 14.3. The third-order valence-corrected chi connectivity index (χ3v) is 2.74. The molecule has 1 rings (SSSR count). The first-order valence-electron chi connectivity index (χ1n) is 6.14. The van der Waals surface area contributed by atoms with E-state index in [9.17, 15) is 9.59 Å². The number of aromatic nitrogens is 1. The van der Waals surface area contributed by atoms with Crippen molar-refractivity contribution in [2.75, 3.05) is 13.7 Å². The van der Waals surface area contributed by atoms with Crippen LogP contribution in [0.4, 0.5) is 0 Å². The van der Waals surface area contributed by atoms with Crippen molar-refractivity contribution in [2.24, 2.45) is 0 Å². The topological polar surface area (TPSA) is 71.2 Å². The van der Waals surface area contributed by atoms with Crippen molar-refractivity contribution >= 4 is 11.9 Å². The Morgan fingerprint density at radius 2 is 2.00 bits per heavy atom. The van der Waals surface area contributed by atoms with Crippen molar-refractivity contribution in [3.8, 4) is 0 Å². The van der Waals surface area contributed by atoms with E-state index in [1.807, 2.05) is 13.8 Å². The van der Waals surface area contributed by atoms with Crippen LogP contribution in [0, 0.1) is 6.92 Å². The highest BCUT2D eigenvalue weighted by atomic mass is 16.5. The Hall–Kier alpha value is -1.78. The predicted molar refractivity (Wildman–Crippen MR) is 68.9 cm³/mol. The molecule has 0 atom stereocenters. The summed E-state index contributed by atoms with van der Waals surface area (Å²) in [6, 6.07) is 0. The van der Waals surface area contributed by atoms with Crippen LogP contribution in [0.3, 0.4) is 0 Å². The van der Waals surface area contributed by atoms with Crippen LogP contribution in [0.25, 0.3) is 0 Å². The zero-order chi connectivity index (χ0) is 13.7. The number of aryl methyl sites for hydroxylation is 1. The van der Waals surface area contributed by atoms with Gasteiger partial charge in [-0.1, -0.05) is 13.3 Å². The number of hydrogen-bond acceptors (Lipinski definition) is 3. The van der Waals surface area contributed by atoms with Crippen molar-refractivity contribution in [1.82, 2.24) is 10.3 Å². The van der Waals surface area contributed by atoms with E-state index in [2.05, 4.69) is 10.3 Å². The zero-order valence-electron chi connectivity index (χ0n) is 11.3. The molecule has 1 aromatic heterocycles. The lowest BCUT2D eigenvalue weighted by molar-refractivity contribution is 0.0599. The Bertz CT molecular complexity index is 449. The molecule has 0 saturated carbocycles. The fraction of sp³-hybridized carbons (Fsp3) is 0.538. The summed E-state index contributed by atoms with van der Waals surface area (Å²) in [5.41, 5.74) is 2.37. The highest BCUT2D eigenvalue weighted by molar-refractivity contribution is 6.00. The molecule has 100 valence electrons. The molecule has 0 spiro atoms. The van der Waals surface area contributed by atoms with Gasteiger partial charge in [-0.25, -0.2) is 4.79 Å². The lowest BCUT2D eigenvalue weighted by atomic mass is 10.0. The van der Waals surface area contributed by atoms with Crippen molar-refractivity contribution in [3.05, 3.63) is 22.5 Å². The maximum atomic E-state index is 11.9. The van der Waals surface area contributed by atoms with Crippen LogP contribution in [-0.2, 0) is 11.2 Å². The van der Waals surface area contributed by atoms with Crippen LogP contribution in [0.2, 0.25) is 0 Å². The smallest absolute Gasteiger partial charge is 0.339 e. The summed E-state index contributed by atoms with van der Waals surface area (Å²) in [5.74, 6) is -0.582. The van der Waals surface area contributed by atoms with Gasteiger partial charge in [-0.05, 0) is 25.8 Å². The fourth-order valence-electron chi connectivity index (χ4n) is 2.00. The summed E-state index contributed by atoms with van der Waals surface area (Å²) in [5, 5.41) is 2.74. The van der Waals surface area contributed by atoms with E-state index >= 15 is 0 Å². The molecule has 1 aromatic rings. The molecule has 1 amide bonds. The molecule has 0 aromatic carbocycles. The monoisotopic (exact) mass is 252 g/mol. The second-order valence-corrected chi connectivity index (χ2v) is 4.08. The third-order valence-electron chi connectivity index (χ3n) is 2.74. The standard InChI is InChI=1S/C13H20N2O3/c1-5-7-9-10(13(17)18-4)8(3)15-11(9)12(16)14-6-2/h15H,5-7H2,1-4H3,(H,14,16). The number of ether oxygens (including phenoxy) is 1. The maximum Gasteiger partial charge on any atom is 0.339 e. The molecule has 0 aliphatic heterocycles. The Morgan fingerprint density at radius 3 is 2.50 bits per heavy atom. The molecular weight excluding hydrogens is 232 g/mol. The largest absolute Gasteiger partial charge is 0.465 e. The van der Waals surface area contributed by atoms with Gasteiger partial charge in [0.1, 0.15) is 5.69 Å². The summed E-state index contributed by atoms with van der Waals surface area (Å²) in [7, 11) is 1.34. The van der Waals surface area contributed by atoms with E-state index in [0.29, 0.717) is 29.9 Å². The Kier molecular flexibility index (Phi) is 4.95. The number of methoxy groups -OCH3 is 1. The van der Waals surface area contributed by atoms with Gasteiger partial charge < -0.3 is 15.0 Å². The van der Waals surface area contributed by atoms with Gasteiger partial charge in [0.15, 0.2) is 0 Å². The minimum Gasteiger partial charge on any atom is -0.465 e. The first-order valence-corrected chi connectivity index (χ1v) is 6.14. The molecule has 5 heteroatoms. The lowest BCUT2D eigenvalue weighted by Gasteiger charge is -2.05. The number of amides is 1. The van der Waals surface area contributed by atoms with Gasteiger partial charge in [0.05, 0.1) is 12.7 Å². The van der Waals surface area contributed by atoms with E-state index in [-0.39, 0.29) is 5.91 Å². The SMILES string of the molecule is CCCc1c(C(=O)NCC)[nH]c(C)c1C(=O)OC. The molecule has 0 saturated heterocycles. The summed E-state index contributed by atoms with van der Waals surface area (Å²) >= 11 is 0. The molecule has 1 heterocycles. The van der Waals surface area contributed by atoms with Gasteiger partial charge in [-0.15, -0.1) is 0 Å². The number of H-pyrrole nitrogens is 1. The molecule has 0 aliphatic carbocycles. The Labute approximate surface area is 107 Å². The van der Waals surface area contributed by atoms with Crippen LogP contribution in [0.1, 0.15) is 52.4 Å². The second-order valence-electron chi connectivity index (χ2n) is 4.08. The quantitative estimate of drug-likeness (QED) is 0.785. The Balaban J connectivity index is 3.27. The van der Waals surface area contributed by atoms with E-state index in [1.54, 1.807) is 6.92 Å². The summed E-state index contributed by atoms with van der Waals surface area (Å²) < 4.78 is 4.77. The number of carbonyl (C=O) groups excluding carboxylic acids is 2. The highest BCUT2D eigenvalue weighted by Gasteiger charge is 2.24. The van der Waals surface area contributed by atoms with Gasteiger partial charge in [-0.2, -0.15) is 0 Å². The van der Waals surface area contributed by atoms with Crippen LogP contribution >= 0.6 is 0 Å². The van der Waals surface area contributed by atoms with Crippen molar-refractivity contribution in [1.29, 1.82) is 0 Å². The molecule has 0 radical (unpaired) electrons. The average Bonchev–Trinajstić information content (AvgIpc) is 2.66. The zero-order valence-corrected chi connectivity index (χ0v) is 11.3. The highest BCUT2D eigenvalue weighted by Crippen LogP contribution is 2.21. The molecular formula is C13H20N2O3. The molecule has 0 bridgehead atoms. The fourth-order valence-corrected chi connectivity index (χ4v) is 2.00. The minimum absolute atomic E-state index is 0.181. The normalized spacial score (nSPS) is 10.2. The third kappa shape index (κ3) is 2.72. The van der Waals surface area contributed by atoms with Gasteiger partial charge in [0.25, 0.3) is 5.91 Å². The minimum atomic E-state index is -0.400. The molecule has 0 fully saturated rings. The lowest BCUT2D eigenvalue weighted by Crippen LogP contribution is -2.24.